The summed E-state index contributed by atoms with van der Waals surface area (Å²) < 4.78 is 22.9. The molecule has 0 aliphatic carbocycles. The molecule has 0 saturated carbocycles. The molecule has 0 radical (unpaired) electrons. The normalized spacial score (nSPS) is 11.1. The summed E-state index contributed by atoms with van der Waals surface area (Å²) in [6.07, 6.45) is 1.20. The maximum absolute atomic E-state index is 11.5. The van der Waals surface area contributed by atoms with Crippen LogP contribution in [0.15, 0.2) is 65.6 Å². The van der Waals surface area contributed by atoms with Crippen LogP contribution >= 0.6 is 12.4 Å². The number of benzene rings is 3. The van der Waals surface area contributed by atoms with Crippen LogP contribution in [0.25, 0.3) is 21.9 Å². The lowest BCUT2D eigenvalue weighted by atomic mass is 10.0. The lowest BCUT2D eigenvalue weighted by Gasteiger charge is -2.06. The molecule has 3 aromatic carbocycles. The van der Waals surface area contributed by atoms with Gasteiger partial charge in [0.2, 0.25) is 0 Å². The van der Waals surface area contributed by atoms with Crippen LogP contribution in [-0.2, 0) is 9.84 Å². The van der Waals surface area contributed by atoms with Gasteiger partial charge in [-0.25, -0.2) is 8.42 Å². The Morgan fingerprint density at radius 1 is 0.773 bits per heavy atom. The van der Waals surface area contributed by atoms with Crippen molar-refractivity contribution < 1.29 is 13.5 Å². The third-order valence-electron chi connectivity index (χ3n) is 3.44. The highest BCUT2D eigenvalue weighted by molar-refractivity contribution is 7.90. The molecule has 0 fully saturated rings. The van der Waals surface area contributed by atoms with Gasteiger partial charge in [-0.2, -0.15) is 0 Å². The van der Waals surface area contributed by atoms with E-state index in [0.29, 0.717) is 4.90 Å². The Kier molecular flexibility index (Phi) is 4.44. The molecular formula is C17H15ClO3S. The zero-order valence-electron chi connectivity index (χ0n) is 11.9. The highest BCUT2D eigenvalue weighted by Crippen LogP contribution is 2.27. The second kappa shape index (κ2) is 5.99. The molecule has 3 rings (SSSR count). The van der Waals surface area contributed by atoms with Crippen LogP contribution in [-0.4, -0.2) is 19.8 Å². The van der Waals surface area contributed by atoms with Crippen LogP contribution in [0.4, 0.5) is 0 Å². The SMILES string of the molecule is CS(=O)(=O)c1ccc(-c2ccc3cc(O)ccc3c2)cc1.Cl. The molecule has 1 N–H and O–H groups in total. The first-order valence-corrected chi connectivity index (χ1v) is 8.36. The first-order chi connectivity index (χ1) is 9.93. The minimum atomic E-state index is -3.17. The Hall–Kier alpha value is -2.04. The van der Waals surface area contributed by atoms with Crippen molar-refractivity contribution in [1.29, 1.82) is 0 Å². The third-order valence-corrected chi connectivity index (χ3v) is 4.57. The second-order valence-electron chi connectivity index (χ2n) is 5.04. The number of sulfone groups is 1. The molecule has 114 valence electrons. The van der Waals surface area contributed by atoms with Crippen LogP contribution < -0.4 is 0 Å². The number of fused-ring (bicyclic) bond motifs is 1. The average Bonchev–Trinajstić information content (AvgIpc) is 2.46. The lowest BCUT2D eigenvalue weighted by molar-refractivity contribution is 0.476. The van der Waals surface area contributed by atoms with Crippen molar-refractivity contribution >= 4 is 33.0 Å². The van der Waals surface area contributed by atoms with Gasteiger partial charge in [0, 0.05) is 6.26 Å². The fraction of sp³-hybridized carbons (Fsp3) is 0.0588. The van der Waals surface area contributed by atoms with Crippen molar-refractivity contribution in [3.63, 3.8) is 0 Å². The topological polar surface area (TPSA) is 54.4 Å². The zero-order chi connectivity index (χ0) is 15.0. The quantitative estimate of drug-likeness (QED) is 0.769. The van der Waals surface area contributed by atoms with Gasteiger partial charge in [0.1, 0.15) is 5.75 Å². The van der Waals surface area contributed by atoms with E-state index in [1.54, 1.807) is 36.4 Å². The van der Waals surface area contributed by atoms with E-state index < -0.39 is 9.84 Å². The largest absolute Gasteiger partial charge is 0.508 e. The summed E-state index contributed by atoms with van der Waals surface area (Å²) in [5.41, 5.74) is 1.96. The molecule has 0 spiro atoms. The highest BCUT2D eigenvalue weighted by Gasteiger charge is 2.07. The van der Waals surface area contributed by atoms with E-state index in [9.17, 15) is 13.5 Å². The van der Waals surface area contributed by atoms with Crippen LogP contribution in [0, 0.1) is 0 Å². The molecule has 0 atom stereocenters. The van der Waals surface area contributed by atoms with Gasteiger partial charge in [-0.3, -0.25) is 0 Å². The average molecular weight is 335 g/mol. The molecule has 0 unspecified atom stereocenters. The number of hydrogen-bond donors (Lipinski definition) is 1. The van der Waals surface area contributed by atoms with Gasteiger partial charge in [-0.05, 0) is 52.2 Å². The van der Waals surface area contributed by atoms with Crippen molar-refractivity contribution in [2.75, 3.05) is 6.26 Å². The second-order valence-corrected chi connectivity index (χ2v) is 7.06. The van der Waals surface area contributed by atoms with Gasteiger partial charge >= 0.3 is 0 Å². The number of hydrogen-bond acceptors (Lipinski definition) is 3. The van der Waals surface area contributed by atoms with Crippen LogP contribution in [0.5, 0.6) is 5.75 Å². The van der Waals surface area contributed by atoms with Gasteiger partial charge in [0.05, 0.1) is 4.90 Å². The number of halogens is 1. The molecule has 5 heteroatoms. The summed E-state index contributed by atoms with van der Waals surface area (Å²) in [5, 5.41) is 11.5. The molecule has 3 aromatic rings. The fourth-order valence-corrected chi connectivity index (χ4v) is 2.94. The van der Waals surface area contributed by atoms with E-state index in [4.69, 9.17) is 0 Å². The highest BCUT2D eigenvalue weighted by atomic mass is 35.5. The summed E-state index contributed by atoms with van der Waals surface area (Å²) in [7, 11) is -3.17. The van der Waals surface area contributed by atoms with Gasteiger partial charge in [-0.15, -0.1) is 12.4 Å². The Labute approximate surface area is 135 Å². The van der Waals surface area contributed by atoms with Crippen LogP contribution in [0.2, 0.25) is 0 Å². The zero-order valence-corrected chi connectivity index (χ0v) is 13.5. The maximum atomic E-state index is 11.5. The predicted octanol–water partition coefficient (Wildman–Crippen LogP) is 4.04. The van der Waals surface area contributed by atoms with Crippen molar-refractivity contribution in [2.24, 2.45) is 0 Å². The monoisotopic (exact) mass is 334 g/mol. The fourth-order valence-electron chi connectivity index (χ4n) is 2.31. The Balaban J connectivity index is 0.00000176. The maximum Gasteiger partial charge on any atom is 0.175 e. The van der Waals surface area contributed by atoms with Gasteiger partial charge in [0.25, 0.3) is 0 Å². The van der Waals surface area contributed by atoms with Crippen LogP contribution in [0.3, 0.4) is 0 Å². The van der Waals surface area contributed by atoms with E-state index in [1.165, 1.54) is 6.26 Å². The van der Waals surface area contributed by atoms with E-state index in [1.807, 2.05) is 24.3 Å². The minimum Gasteiger partial charge on any atom is -0.508 e. The molecule has 0 amide bonds. The molecule has 0 aliphatic rings. The minimum absolute atomic E-state index is 0. The van der Waals surface area contributed by atoms with E-state index in [2.05, 4.69) is 0 Å². The number of phenolic OH excluding ortho intramolecular Hbond substituents is 1. The van der Waals surface area contributed by atoms with Crippen molar-refractivity contribution in [3.8, 4) is 16.9 Å². The van der Waals surface area contributed by atoms with Gasteiger partial charge in [0.15, 0.2) is 9.84 Å². The van der Waals surface area contributed by atoms with E-state index in [0.717, 1.165) is 21.9 Å². The molecule has 0 aromatic heterocycles. The van der Waals surface area contributed by atoms with Gasteiger partial charge in [-0.1, -0.05) is 30.3 Å². The summed E-state index contributed by atoms with van der Waals surface area (Å²) >= 11 is 0. The molecule has 0 saturated heterocycles. The summed E-state index contributed by atoms with van der Waals surface area (Å²) in [6, 6.07) is 18.0. The van der Waals surface area contributed by atoms with Crippen molar-refractivity contribution in [1.82, 2.24) is 0 Å². The lowest BCUT2D eigenvalue weighted by Crippen LogP contribution is -1.96. The van der Waals surface area contributed by atoms with Crippen molar-refractivity contribution in [3.05, 3.63) is 60.7 Å². The standard InChI is InChI=1S/C17H14O3S.ClH/c1-21(19,20)17-8-5-12(6-9-17)13-2-3-15-11-16(18)7-4-14(15)10-13;/h2-11,18H,1H3;1H. The Morgan fingerprint density at radius 2 is 1.32 bits per heavy atom. The smallest absolute Gasteiger partial charge is 0.175 e. The molecule has 0 heterocycles. The molecule has 22 heavy (non-hydrogen) atoms. The molecule has 0 bridgehead atoms. The van der Waals surface area contributed by atoms with Crippen LogP contribution in [0.1, 0.15) is 0 Å². The number of aromatic hydroxyl groups is 1. The van der Waals surface area contributed by atoms with Gasteiger partial charge < -0.3 is 5.11 Å². The molecule has 0 aliphatic heterocycles. The Bertz CT molecular complexity index is 916. The van der Waals surface area contributed by atoms with E-state index in [-0.39, 0.29) is 18.2 Å². The van der Waals surface area contributed by atoms with Crippen molar-refractivity contribution in [2.45, 2.75) is 4.90 Å². The van der Waals surface area contributed by atoms with E-state index >= 15 is 0 Å². The first-order valence-electron chi connectivity index (χ1n) is 6.47. The first kappa shape index (κ1) is 16.3. The third kappa shape index (κ3) is 3.24. The molecule has 3 nitrogen and oxygen atoms in total. The number of rotatable bonds is 2. The number of phenols is 1. The summed E-state index contributed by atoms with van der Waals surface area (Å²) in [6.45, 7) is 0. The Morgan fingerprint density at radius 3 is 1.95 bits per heavy atom. The predicted molar refractivity (Wildman–Crippen MR) is 91.4 cm³/mol. The molecular weight excluding hydrogens is 320 g/mol. The summed E-state index contributed by atoms with van der Waals surface area (Å²) in [4.78, 5) is 0.317. The summed E-state index contributed by atoms with van der Waals surface area (Å²) in [5.74, 6) is 0.243.